The highest BCUT2D eigenvalue weighted by Gasteiger charge is 2.15. The van der Waals surface area contributed by atoms with Crippen LogP contribution >= 0.6 is 11.8 Å². The van der Waals surface area contributed by atoms with Gasteiger partial charge < -0.3 is 11.1 Å². The molecule has 1 atom stereocenters. The number of nitrogens with zero attached hydrogens (tertiary/aromatic N) is 1. The third kappa shape index (κ3) is 4.74. The lowest BCUT2D eigenvalue weighted by molar-refractivity contribution is 0.506. The zero-order chi connectivity index (χ0) is 10.6. The van der Waals surface area contributed by atoms with Gasteiger partial charge >= 0.3 is 0 Å². The summed E-state index contributed by atoms with van der Waals surface area (Å²) in [6.45, 7) is 7.13. The van der Waals surface area contributed by atoms with Gasteiger partial charge in [-0.05, 0) is 44.6 Å². The molecule has 0 aromatic carbocycles. The Labute approximate surface area is 90.9 Å². The van der Waals surface area contributed by atoms with Gasteiger partial charge in [0.25, 0.3) is 0 Å². The summed E-state index contributed by atoms with van der Waals surface area (Å²) in [6, 6.07) is 0. The summed E-state index contributed by atoms with van der Waals surface area (Å²) >= 11 is 2.02. The van der Waals surface area contributed by atoms with Crippen molar-refractivity contribution in [1.82, 2.24) is 5.32 Å². The van der Waals surface area contributed by atoms with Crippen molar-refractivity contribution in [2.75, 3.05) is 18.1 Å². The first-order valence-corrected chi connectivity index (χ1v) is 6.29. The molecule has 4 heteroatoms. The van der Waals surface area contributed by atoms with Gasteiger partial charge in [0.2, 0.25) is 0 Å². The molecular weight excluding hydrogens is 194 g/mol. The lowest BCUT2D eigenvalue weighted by atomic mass is 10.1. The van der Waals surface area contributed by atoms with Crippen molar-refractivity contribution in [1.29, 1.82) is 0 Å². The minimum absolute atomic E-state index is 0.0119. The summed E-state index contributed by atoms with van der Waals surface area (Å²) in [5.41, 5.74) is 5.78. The SMILES string of the molecule is CC(C)(C)NC(N)=NCC1CCSC1. The third-order valence-electron chi connectivity index (χ3n) is 2.05. The second kappa shape index (κ2) is 4.91. The van der Waals surface area contributed by atoms with E-state index in [4.69, 9.17) is 5.73 Å². The molecule has 0 aliphatic carbocycles. The second-order valence-corrected chi connectivity index (χ2v) is 5.98. The molecule has 82 valence electrons. The van der Waals surface area contributed by atoms with Crippen molar-refractivity contribution in [3.63, 3.8) is 0 Å². The lowest BCUT2D eigenvalue weighted by Crippen LogP contribution is -2.45. The number of thioether (sulfide) groups is 1. The van der Waals surface area contributed by atoms with Crippen molar-refractivity contribution in [3.8, 4) is 0 Å². The molecule has 3 nitrogen and oxygen atoms in total. The van der Waals surface area contributed by atoms with Crippen LogP contribution < -0.4 is 11.1 Å². The topological polar surface area (TPSA) is 50.4 Å². The Morgan fingerprint density at radius 3 is 2.79 bits per heavy atom. The summed E-state index contributed by atoms with van der Waals surface area (Å²) in [7, 11) is 0. The minimum Gasteiger partial charge on any atom is -0.370 e. The van der Waals surface area contributed by atoms with Crippen molar-refractivity contribution in [2.45, 2.75) is 32.7 Å². The molecule has 1 unspecified atom stereocenters. The molecule has 0 aromatic heterocycles. The molecule has 0 radical (unpaired) electrons. The maximum Gasteiger partial charge on any atom is 0.188 e. The number of hydrogen-bond acceptors (Lipinski definition) is 2. The Morgan fingerprint density at radius 1 is 1.57 bits per heavy atom. The fourth-order valence-corrected chi connectivity index (χ4v) is 2.65. The highest BCUT2D eigenvalue weighted by Crippen LogP contribution is 2.23. The zero-order valence-corrected chi connectivity index (χ0v) is 10.2. The maximum atomic E-state index is 5.77. The van der Waals surface area contributed by atoms with Gasteiger partial charge in [0.1, 0.15) is 0 Å². The Kier molecular flexibility index (Phi) is 4.11. The lowest BCUT2D eigenvalue weighted by Gasteiger charge is -2.21. The summed E-state index contributed by atoms with van der Waals surface area (Å²) < 4.78 is 0. The van der Waals surface area contributed by atoms with Crippen molar-refractivity contribution >= 4 is 17.7 Å². The van der Waals surface area contributed by atoms with E-state index in [-0.39, 0.29) is 5.54 Å². The first-order valence-electron chi connectivity index (χ1n) is 5.13. The zero-order valence-electron chi connectivity index (χ0n) is 9.34. The predicted octanol–water partition coefficient (Wildman–Crippen LogP) is 1.44. The molecular formula is C10H21N3S. The average molecular weight is 215 g/mol. The van der Waals surface area contributed by atoms with Gasteiger partial charge in [0.15, 0.2) is 5.96 Å². The molecule has 14 heavy (non-hydrogen) atoms. The van der Waals surface area contributed by atoms with E-state index in [1.54, 1.807) is 0 Å². The normalized spacial score (nSPS) is 23.9. The van der Waals surface area contributed by atoms with Crippen LogP contribution in [-0.4, -0.2) is 29.5 Å². The first-order chi connectivity index (χ1) is 6.47. The first kappa shape index (κ1) is 11.7. The fourth-order valence-electron chi connectivity index (χ4n) is 1.38. The van der Waals surface area contributed by atoms with Crippen molar-refractivity contribution < 1.29 is 0 Å². The maximum absolute atomic E-state index is 5.77. The molecule has 0 spiro atoms. The van der Waals surface area contributed by atoms with Crippen LogP contribution in [0, 0.1) is 5.92 Å². The van der Waals surface area contributed by atoms with Crippen LogP contribution in [0.1, 0.15) is 27.2 Å². The monoisotopic (exact) mass is 215 g/mol. The summed E-state index contributed by atoms with van der Waals surface area (Å²) in [4.78, 5) is 4.36. The molecule has 3 N–H and O–H groups in total. The Balaban J connectivity index is 2.28. The smallest absolute Gasteiger partial charge is 0.188 e. The molecule has 0 aromatic rings. The standard InChI is InChI=1S/C10H21N3S/c1-10(2,3)13-9(11)12-6-8-4-5-14-7-8/h8H,4-7H2,1-3H3,(H3,11,12,13). The Bertz CT molecular complexity index is 202. The number of nitrogens with one attached hydrogen (secondary N) is 1. The summed E-state index contributed by atoms with van der Waals surface area (Å²) in [5.74, 6) is 3.84. The highest BCUT2D eigenvalue weighted by molar-refractivity contribution is 7.99. The number of rotatable bonds is 2. The number of aliphatic imine (C=N–C) groups is 1. The van der Waals surface area contributed by atoms with Crippen LogP contribution in [-0.2, 0) is 0 Å². The van der Waals surface area contributed by atoms with E-state index < -0.39 is 0 Å². The fraction of sp³-hybridized carbons (Fsp3) is 0.900. The van der Waals surface area contributed by atoms with Crippen LogP contribution in [0.15, 0.2) is 4.99 Å². The minimum atomic E-state index is 0.0119. The van der Waals surface area contributed by atoms with E-state index in [1.165, 1.54) is 17.9 Å². The van der Waals surface area contributed by atoms with Crippen LogP contribution in [0.4, 0.5) is 0 Å². The summed E-state index contributed by atoms with van der Waals surface area (Å²) in [5, 5.41) is 3.16. The van der Waals surface area contributed by atoms with Gasteiger partial charge in [-0.2, -0.15) is 11.8 Å². The largest absolute Gasteiger partial charge is 0.370 e. The molecule has 1 aliphatic rings. The molecule has 1 heterocycles. The van der Waals surface area contributed by atoms with Gasteiger partial charge in [-0.15, -0.1) is 0 Å². The number of nitrogens with two attached hydrogens (primary N) is 1. The van der Waals surface area contributed by atoms with Crippen LogP contribution in [0.25, 0.3) is 0 Å². The van der Waals surface area contributed by atoms with E-state index in [0.29, 0.717) is 5.96 Å². The van der Waals surface area contributed by atoms with Crippen LogP contribution in [0.2, 0.25) is 0 Å². The molecule has 1 saturated heterocycles. The third-order valence-corrected chi connectivity index (χ3v) is 3.28. The van der Waals surface area contributed by atoms with E-state index in [1.807, 2.05) is 11.8 Å². The van der Waals surface area contributed by atoms with E-state index in [9.17, 15) is 0 Å². The molecule has 1 fully saturated rings. The molecule has 0 amide bonds. The van der Waals surface area contributed by atoms with Gasteiger partial charge in [-0.25, -0.2) is 0 Å². The Morgan fingerprint density at radius 2 is 2.29 bits per heavy atom. The summed E-state index contributed by atoms with van der Waals surface area (Å²) in [6.07, 6.45) is 1.29. The Hall–Kier alpha value is -0.380. The van der Waals surface area contributed by atoms with Crippen molar-refractivity contribution in [3.05, 3.63) is 0 Å². The molecule has 0 saturated carbocycles. The molecule has 0 bridgehead atoms. The second-order valence-electron chi connectivity index (χ2n) is 4.83. The van der Waals surface area contributed by atoms with Crippen molar-refractivity contribution in [2.24, 2.45) is 16.6 Å². The highest BCUT2D eigenvalue weighted by atomic mass is 32.2. The number of hydrogen-bond donors (Lipinski definition) is 2. The quantitative estimate of drug-likeness (QED) is 0.541. The van der Waals surface area contributed by atoms with Gasteiger partial charge in [0, 0.05) is 12.1 Å². The van der Waals surface area contributed by atoms with Gasteiger partial charge in [-0.1, -0.05) is 0 Å². The van der Waals surface area contributed by atoms with E-state index >= 15 is 0 Å². The van der Waals surface area contributed by atoms with Crippen LogP contribution in [0.3, 0.4) is 0 Å². The van der Waals surface area contributed by atoms with Crippen LogP contribution in [0.5, 0.6) is 0 Å². The van der Waals surface area contributed by atoms with Gasteiger partial charge in [-0.3, -0.25) is 4.99 Å². The van der Waals surface area contributed by atoms with E-state index in [2.05, 4.69) is 31.1 Å². The molecule has 1 aliphatic heterocycles. The average Bonchev–Trinajstić information content (AvgIpc) is 2.49. The van der Waals surface area contributed by atoms with Gasteiger partial charge in [0.05, 0.1) is 0 Å². The number of guanidine groups is 1. The molecule has 1 rings (SSSR count). The van der Waals surface area contributed by atoms with E-state index in [0.717, 1.165) is 12.5 Å². The predicted molar refractivity (Wildman–Crippen MR) is 64.8 cm³/mol.